The average Bonchev–Trinajstić information content (AvgIpc) is 3.19. The SMILES string of the molecule is C=C(C)C(=O)OCCNC(=O)OCCCCCC(=O)OCCCC.CCCCCCOc1ccc(C(=O)Oc2ccc(OC(=O)c3ccc(C)cc3)cc2)cc1. The number of alkyl carbamates (subject to hydrolysis) is 1. The lowest BCUT2D eigenvalue weighted by molar-refractivity contribution is -0.144. The zero-order valence-electron chi connectivity index (χ0n) is 33.2. The summed E-state index contributed by atoms with van der Waals surface area (Å²) < 4.78 is 31.3. The molecule has 304 valence electrons. The first-order valence-electron chi connectivity index (χ1n) is 19.2. The van der Waals surface area contributed by atoms with Gasteiger partial charge in [0.2, 0.25) is 0 Å². The van der Waals surface area contributed by atoms with Crippen LogP contribution in [0.25, 0.3) is 0 Å². The first-order valence-corrected chi connectivity index (χ1v) is 19.2. The molecule has 0 heterocycles. The van der Waals surface area contributed by atoms with E-state index in [1.54, 1.807) is 67.6 Å². The second kappa shape index (κ2) is 27.9. The zero-order valence-corrected chi connectivity index (χ0v) is 33.2. The third-order valence-corrected chi connectivity index (χ3v) is 7.86. The highest BCUT2D eigenvalue weighted by atomic mass is 16.6. The molecule has 0 atom stereocenters. The number of hydrogen-bond donors (Lipinski definition) is 1. The molecule has 0 aliphatic rings. The fourth-order valence-electron chi connectivity index (χ4n) is 4.59. The first-order chi connectivity index (χ1) is 27.0. The Morgan fingerprint density at radius 1 is 0.571 bits per heavy atom. The van der Waals surface area contributed by atoms with Gasteiger partial charge in [-0.15, -0.1) is 0 Å². The molecule has 1 N–H and O–H groups in total. The van der Waals surface area contributed by atoms with Gasteiger partial charge in [-0.25, -0.2) is 19.2 Å². The summed E-state index contributed by atoms with van der Waals surface area (Å²) in [6, 6.07) is 20.4. The maximum absolute atomic E-state index is 12.4. The Kier molecular flexibility index (Phi) is 23.1. The van der Waals surface area contributed by atoms with Gasteiger partial charge in [0.1, 0.15) is 23.9 Å². The molecule has 0 aliphatic heterocycles. The molecule has 0 aromatic heterocycles. The number of ether oxygens (including phenoxy) is 6. The summed E-state index contributed by atoms with van der Waals surface area (Å²) in [5.41, 5.74) is 2.28. The number of unbranched alkanes of at least 4 members (excludes halogenated alkanes) is 6. The maximum atomic E-state index is 12.4. The minimum atomic E-state index is -0.555. The summed E-state index contributed by atoms with van der Waals surface area (Å²) in [6.07, 6.45) is 8.50. The molecule has 0 bridgehead atoms. The standard InChI is InChI=1S/C27H28O5.C17H29NO6/c1-3-4-5-6-19-30-23-13-11-22(12-14-23)27(29)32-25-17-15-24(16-18-25)31-26(28)21-9-7-20(2)8-10-21;1-4-5-11-22-15(19)9-7-6-8-12-24-17(21)18-10-13-23-16(20)14(2)3/h7-18H,3-6,19H2,1-2H3;2,4-13H2,1,3H3,(H,18,21). The van der Waals surface area contributed by atoms with Crippen molar-refractivity contribution < 1.29 is 52.4 Å². The van der Waals surface area contributed by atoms with Gasteiger partial charge in [-0.3, -0.25) is 4.79 Å². The summed E-state index contributed by atoms with van der Waals surface area (Å²) in [5, 5.41) is 2.47. The second-order valence-corrected chi connectivity index (χ2v) is 12.9. The van der Waals surface area contributed by atoms with E-state index in [0.717, 1.165) is 43.4 Å². The molecule has 1 amide bonds. The lowest BCUT2D eigenvalue weighted by Crippen LogP contribution is -2.29. The van der Waals surface area contributed by atoms with E-state index in [0.29, 0.717) is 60.7 Å². The normalized spacial score (nSPS) is 10.2. The van der Waals surface area contributed by atoms with Crippen molar-refractivity contribution in [3.8, 4) is 17.2 Å². The van der Waals surface area contributed by atoms with Crippen LogP contribution in [0, 0.1) is 6.92 Å². The van der Waals surface area contributed by atoms with Gasteiger partial charge in [0.15, 0.2) is 0 Å². The van der Waals surface area contributed by atoms with Crippen LogP contribution in [0.1, 0.15) is 111 Å². The molecule has 3 aromatic carbocycles. The van der Waals surface area contributed by atoms with Crippen LogP contribution in [0.15, 0.2) is 84.9 Å². The Balaban J connectivity index is 0.000000406. The highest BCUT2D eigenvalue weighted by molar-refractivity contribution is 5.92. The molecule has 0 aliphatic carbocycles. The van der Waals surface area contributed by atoms with Crippen LogP contribution < -0.4 is 19.5 Å². The lowest BCUT2D eigenvalue weighted by atomic mass is 10.1. The fourth-order valence-corrected chi connectivity index (χ4v) is 4.59. The van der Waals surface area contributed by atoms with Gasteiger partial charge in [-0.05, 0) is 107 Å². The van der Waals surface area contributed by atoms with E-state index < -0.39 is 24.0 Å². The van der Waals surface area contributed by atoms with Gasteiger partial charge >= 0.3 is 30.0 Å². The molecular weight excluding hydrogens is 718 g/mol. The Morgan fingerprint density at radius 2 is 1.09 bits per heavy atom. The number of rotatable bonds is 23. The van der Waals surface area contributed by atoms with E-state index >= 15 is 0 Å². The van der Waals surface area contributed by atoms with Crippen molar-refractivity contribution in [3.63, 3.8) is 0 Å². The molecule has 12 heteroatoms. The summed E-state index contributed by atoms with van der Waals surface area (Å²) in [4.78, 5) is 58.3. The van der Waals surface area contributed by atoms with Crippen LogP contribution >= 0.6 is 0 Å². The molecule has 0 radical (unpaired) electrons. The van der Waals surface area contributed by atoms with Crippen LogP contribution in [0.4, 0.5) is 4.79 Å². The van der Waals surface area contributed by atoms with Gasteiger partial charge in [-0.1, -0.05) is 63.8 Å². The molecule has 12 nitrogen and oxygen atoms in total. The number of hydrogen-bond acceptors (Lipinski definition) is 11. The number of benzene rings is 3. The highest BCUT2D eigenvalue weighted by Crippen LogP contribution is 2.21. The van der Waals surface area contributed by atoms with Crippen molar-refractivity contribution in [1.82, 2.24) is 5.32 Å². The van der Waals surface area contributed by atoms with Crippen LogP contribution in [-0.4, -0.2) is 62.9 Å². The number of aryl methyl sites for hydroxylation is 1. The summed E-state index contributed by atoms with van der Waals surface area (Å²) in [6.45, 7) is 12.9. The minimum absolute atomic E-state index is 0.0704. The topological polar surface area (TPSA) is 153 Å². The molecular formula is C44H57NO11. The van der Waals surface area contributed by atoms with E-state index in [1.165, 1.54) is 12.8 Å². The Morgan fingerprint density at radius 3 is 1.66 bits per heavy atom. The first kappa shape index (κ1) is 46.5. The van der Waals surface area contributed by atoms with Crippen molar-refractivity contribution >= 4 is 30.0 Å². The highest BCUT2D eigenvalue weighted by Gasteiger charge is 2.12. The minimum Gasteiger partial charge on any atom is -0.494 e. The Bertz CT molecular complexity index is 1630. The van der Waals surface area contributed by atoms with Gasteiger partial charge < -0.3 is 33.7 Å². The Hall–Kier alpha value is -5.65. The van der Waals surface area contributed by atoms with Crippen molar-refractivity contribution in [3.05, 3.63) is 102 Å². The van der Waals surface area contributed by atoms with E-state index in [-0.39, 0.29) is 25.7 Å². The molecule has 0 spiro atoms. The molecule has 0 fully saturated rings. The summed E-state index contributed by atoms with van der Waals surface area (Å²) in [5.74, 6) is -0.105. The van der Waals surface area contributed by atoms with E-state index in [9.17, 15) is 24.0 Å². The summed E-state index contributed by atoms with van der Waals surface area (Å²) >= 11 is 0. The second-order valence-electron chi connectivity index (χ2n) is 12.9. The van der Waals surface area contributed by atoms with Crippen LogP contribution in [-0.2, 0) is 23.8 Å². The molecule has 3 aromatic rings. The van der Waals surface area contributed by atoms with E-state index in [4.69, 9.17) is 28.4 Å². The van der Waals surface area contributed by atoms with Crippen molar-refractivity contribution in [2.45, 2.75) is 91.9 Å². The predicted molar refractivity (Wildman–Crippen MR) is 213 cm³/mol. The monoisotopic (exact) mass is 775 g/mol. The van der Waals surface area contributed by atoms with Gasteiger partial charge in [-0.2, -0.15) is 0 Å². The van der Waals surface area contributed by atoms with Crippen LogP contribution in [0.2, 0.25) is 0 Å². The third-order valence-electron chi connectivity index (χ3n) is 7.86. The zero-order chi connectivity index (χ0) is 41.0. The van der Waals surface area contributed by atoms with Crippen LogP contribution in [0.3, 0.4) is 0 Å². The molecule has 0 saturated heterocycles. The molecule has 3 rings (SSSR count). The van der Waals surface area contributed by atoms with E-state index in [1.807, 2.05) is 26.0 Å². The van der Waals surface area contributed by atoms with Gasteiger partial charge in [0.25, 0.3) is 0 Å². The predicted octanol–water partition coefficient (Wildman–Crippen LogP) is 9.13. The van der Waals surface area contributed by atoms with Crippen LogP contribution in [0.5, 0.6) is 17.2 Å². The lowest BCUT2D eigenvalue weighted by Gasteiger charge is -2.08. The number of nitrogens with one attached hydrogen (secondary N) is 1. The van der Waals surface area contributed by atoms with Crippen molar-refractivity contribution in [2.24, 2.45) is 0 Å². The number of carbonyl (C=O) groups is 5. The summed E-state index contributed by atoms with van der Waals surface area (Å²) in [7, 11) is 0. The number of esters is 4. The number of carbonyl (C=O) groups excluding carboxylic acids is 5. The Labute approximate surface area is 330 Å². The quantitative estimate of drug-likeness (QED) is 0.0323. The van der Waals surface area contributed by atoms with Gasteiger partial charge in [0, 0.05) is 12.0 Å². The largest absolute Gasteiger partial charge is 0.494 e. The van der Waals surface area contributed by atoms with Crippen molar-refractivity contribution in [2.75, 3.05) is 33.0 Å². The molecule has 56 heavy (non-hydrogen) atoms. The van der Waals surface area contributed by atoms with Gasteiger partial charge in [0.05, 0.1) is 37.5 Å². The molecule has 0 saturated carbocycles. The number of amides is 1. The average molecular weight is 776 g/mol. The maximum Gasteiger partial charge on any atom is 0.407 e. The fraction of sp³-hybridized carbons (Fsp3) is 0.432. The molecule has 0 unspecified atom stereocenters. The van der Waals surface area contributed by atoms with Crippen molar-refractivity contribution in [1.29, 1.82) is 0 Å². The third kappa shape index (κ3) is 20.7. The smallest absolute Gasteiger partial charge is 0.407 e. The van der Waals surface area contributed by atoms with E-state index in [2.05, 4.69) is 18.8 Å².